The summed E-state index contributed by atoms with van der Waals surface area (Å²) in [6, 6.07) is 6.98. The highest BCUT2D eigenvalue weighted by Crippen LogP contribution is 2.05. The fraction of sp³-hybridized carbons (Fsp3) is 0.357. The van der Waals surface area contributed by atoms with Crippen LogP contribution in [0, 0.1) is 0 Å². The first-order valence-electron chi connectivity index (χ1n) is 6.81. The Morgan fingerprint density at radius 2 is 2.10 bits per heavy atom. The first kappa shape index (κ1) is 13.7. The molecule has 0 saturated carbocycles. The second kappa shape index (κ2) is 6.02. The molecule has 0 aliphatic carbocycles. The summed E-state index contributed by atoms with van der Waals surface area (Å²) in [6.45, 7) is 3.23. The second-order valence-electron chi connectivity index (χ2n) is 4.84. The zero-order valence-electron chi connectivity index (χ0n) is 11.5. The molecule has 1 aromatic carbocycles. The predicted molar refractivity (Wildman–Crippen MR) is 77.1 cm³/mol. The SMILES string of the molecule is O=C(NCN1CCOCC1)c1n[nH]c2ccccc2c1=O. The molecule has 1 aromatic heterocycles. The van der Waals surface area contributed by atoms with E-state index in [9.17, 15) is 9.59 Å². The number of fused-ring (bicyclic) bond motifs is 1. The quantitative estimate of drug-likeness (QED) is 0.826. The van der Waals surface area contributed by atoms with Crippen molar-refractivity contribution < 1.29 is 9.53 Å². The van der Waals surface area contributed by atoms with E-state index >= 15 is 0 Å². The van der Waals surface area contributed by atoms with Gasteiger partial charge in [0.15, 0.2) is 5.69 Å². The van der Waals surface area contributed by atoms with Gasteiger partial charge in [-0.2, -0.15) is 5.10 Å². The monoisotopic (exact) mass is 288 g/mol. The topological polar surface area (TPSA) is 87.3 Å². The zero-order chi connectivity index (χ0) is 14.7. The molecule has 1 aliphatic rings. The molecule has 0 unspecified atom stereocenters. The van der Waals surface area contributed by atoms with Gasteiger partial charge in [0.05, 0.1) is 25.4 Å². The van der Waals surface area contributed by atoms with Gasteiger partial charge in [-0.25, -0.2) is 0 Å². The summed E-state index contributed by atoms with van der Waals surface area (Å²) in [5.74, 6) is -0.464. The Morgan fingerprint density at radius 3 is 2.90 bits per heavy atom. The molecule has 0 atom stereocenters. The number of nitrogens with one attached hydrogen (secondary N) is 2. The molecule has 0 spiro atoms. The van der Waals surface area contributed by atoms with Crippen molar-refractivity contribution >= 4 is 16.8 Å². The van der Waals surface area contributed by atoms with Gasteiger partial charge in [0.1, 0.15) is 0 Å². The number of carbonyl (C=O) groups excluding carboxylic acids is 1. The molecule has 1 fully saturated rings. The highest BCUT2D eigenvalue weighted by atomic mass is 16.5. The summed E-state index contributed by atoms with van der Waals surface area (Å²) in [5.41, 5.74) is 0.151. The molecule has 3 rings (SSSR count). The third kappa shape index (κ3) is 2.93. The van der Waals surface area contributed by atoms with Gasteiger partial charge in [-0.05, 0) is 12.1 Å². The van der Waals surface area contributed by atoms with Crippen molar-refractivity contribution in [3.05, 3.63) is 40.2 Å². The van der Waals surface area contributed by atoms with Crippen LogP contribution in [0.15, 0.2) is 29.1 Å². The maximum absolute atomic E-state index is 12.2. The van der Waals surface area contributed by atoms with Gasteiger partial charge >= 0.3 is 0 Å². The summed E-state index contributed by atoms with van der Waals surface area (Å²) in [4.78, 5) is 26.4. The van der Waals surface area contributed by atoms with Crippen molar-refractivity contribution in [2.45, 2.75) is 0 Å². The Hall–Kier alpha value is -2.25. The van der Waals surface area contributed by atoms with Gasteiger partial charge in [0.2, 0.25) is 5.43 Å². The number of amides is 1. The van der Waals surface area contributed by atoms with Crippen LogP contribution >= 0.6 is 0 Å². The van der Waals surface area contributed by atoms with E-state index in [2.05, 4.69) is 20.4 Å². The summed E-state index contributed by atoms with van der Waals surface area (Å²) in [7, 11) is 0. The maximum Gasteiger partial charge on any atom is 0.276 e. The fourth-order valence-electron chi connectivity index (χ4n) is 2.25. The molecule has 0 bridgehead atoms. The largest absolute Gasteiger partial charge is 0.379 e. The van der Waals surface area contributed by atoms with E-state index in [1.54, 1.807) is 24.3 Å². The average Bonchev–Trinajstić information content (AvgIpc) is 2.54. The molecule has 1 aliphatic heterocycles. The third-order valence-electron chi connectivity index (χ3n) is 3.46. The average molecular weight is 288 g/mol. The van der Waals surface area contributed by atoms with Crippen LogP contribution in [-0.4, -0.2) is 54.0 Å². The van der Waals surface area contributed by atoms with Crippen LogP contribution in [0.2, 0.25) is 0 Å². The number of carbonyl (C=O) groups is 1. The van der Waals surface area contributed by atoms with E-state index in [1.807, 2.05) is 0 Å². The first-order valence-corrected chi connectivity index (χ1v) is 6.81. The van der Waals surface area contributed by atoms with E-state index in [1.165, 1.54) is 0 Å². The van der Waals surface area contributed by atoms with E-state index in [4.69, 9.17) is 4.74 Å². The smallest absolute Gasteiger partial charge is 0.276 e. The predicted octanol–water partition coefficient (Wildman–Crippen LogP) is -0.0574. The highest BCUT2D eigenvalue weighted by Gasteiger charge is 2.16. The molecule has 2 aromatic rings. The standard InChI is InChI=1S/C14H16N4O3/c19-13-10-3-1-2-4-11(10)16-17-12(13)14(20)15-9-18-5-7-21-8-6-18/h1-4H,5-9H2,(H,15,20)(H,16,19). The maximum atomic E-state index is 12.2. The molecular formula is C14H16N4O3. The third-order valence-corrected chi connectivity index (χ3v) is 3.46. The zero-order valence-corrected chi connectivity index (χ0v) is 11.5. The number of hydrogen-bond donors (Lipinski definition) is 2. The van der Waals surface area contributed by atoms with E-state index in [0.29, 0.717) is 30.8 Å². The summed E-state index contributed by atoms with van der Waals surface area (Å²) < 4.78 is 5.24. The van der Waals surface area contributed by atoms with Crippen LogP contribution < -0.4 is 10.7 Å². The van der Waals surface area contributed by atoms with Gasteiger partial charge < -0.3 is 10.1 Å². The number of para-hydroxylation sites is 1. The second-order valence-corrected chi connectivity index (χ2v) is 4.84. The first-order chi connectivity index (χ1) is 10.3. The van der Waals surface area contributed by atoms with Crippen LogP contribution in [-0.2, 0) is 4.74 Å². The lowest BCUT2D eigenvalue weighted by Crippen LogP contribution is -2.44. The lowest BCUT2D eigenvalue weighted by molar-refractivity contribution is 0.0334. The van der Waals surface area contributed by atoms with Crippen LogP contribution in [0.25, 0.3) is 10.9 Å². The highest BCUT2D eigenvalue weighted by molar-refractivity contribution is 5.95. The fourth-order valence-corrected chi connectivity index (χ4v) is 2.25. The number of nitrogens with zero attached hydrogens (tertiary/aromatic N) is 2. The molecule has 2 N–H and O–H groups in total. The van der Waals surface area contributed by atoms with Gasteiger partial charge in [-0.15, -0.1) is 0 Å². The Balaban J connectivity index is 1.75. The minimum atomic E-state index is -0.464. The summed E-state index contributed by atoms with van der Waals surface area (Å²) >= 11 is 0. The lowest BCUT2D eigenvalue weighted by atomic mass is 10.2. The number of ether oxygens (including phenoxy) is 1. The number of rotatable bonds is 3. The Bertz CT molecular complexity index is 707. The molecule has 7 nitrogen and oxygen atoms in total. The molecule has 2 heterocycles. The Morgan fingerprint density at radius 1 is 1.33 bits per heavy atom. The van der Waals surface area contributed by atoms with E-state index in [-0.39, 0.29) is 11.1 Å². The van der Waals surface area contributed by atoms with Gasteiger partial charge in [-0.1, -0.05) is 12.1 Å². The van der Waals surface area contributed by atoms with Crippen LogP contribution in [0.4, 0.5) is 0 Å². The van der Waals surface area contributed by atoms with E-state index in [0.717, 1.165) is 13.1 Å². The van der Waals surface area contributed by atoms with Crippen LogP contribution in [0.5, 0.6) is 0 Å². The number of aromatic nitrogens is 2. The van der Waals surface area contributed by atoms with Gasteiger partial charge in [0, 0.05) is 18.5 Å². The number of benzene rings is 1. The molecule has 110 valence electrons. The minimum absolute atomic E-state index is 0.109. The van der Waals surface area contributed by atoms with Gasteiger partial charge in [0.25, 0.3) is 5.91 Å². The normalized spacial score (nSPS) is 16.0. The number of hydrogen-bond acceptors (Lipinski definition) is 5. The van der Waals surface area contributed by atoms with Crippen molar-refractivity contribution in [1.82, 2.24) is 20.4 Å². The molecule has 0 radical (unpaired) electrons. The number of H-pyrrole nitrogens is 1. The van der Waals surface area contributed by atoms with Gasteiger partial charge in [-0.3, -0.25) is 19.6 Å². The van der Waals surface area contributed by atoms with Crippen molar-refractivity contribution in [2.24, 2.45) is 0 Å². The molecule has 21 heavy (non-hydrogen) atoms. The molecule has 1 saturated heterocycles. The summed E-state index contributed by atoms with van der Waals surface area (Å²) in [6.07, 6.45) is 0. The van der Waals surface area contributed by atoms with E-state index < -0.39 is 5.91 Å². The van der Waals surface area contributed by atoms with Crippen LogP contribution in [0.3, 0.4) is 0 Å². The molecular weight excluding hydrogens is 272 g/mol. The minimum Gasteiger partial charge on any atom is -0.379 e. The number of aromatic amines is 1. The molecule has 1 amide bonds. The Labute approximate surface area is 120 Å². The Kier molecular flexibility index (Phi) is 3.94. The molecule has 7 heteroatoms. The number of morpholine rings is 1. The van der Waals surface area contributed by atoms with Crippen LogP contribution in [0.1, 0.15) is 10.5 Å². The lowest BCUT2D eigenvalue weighted by Gasteiger charge is -2.26. The van der Waals surface area contributed by atoms with Crippen molar-refractivity contribution in [3.8, 4) is 0 Å². The summed E-state index contributed by atoms with van der Waals surface area (Å²) in [5, 5.41) is 9.80. The van der Waals surface area contributed by atoms with Crippen molar-refractivity contribution in [1.29, 1.82) is 0 Å². The van der Waals surface area contributed by atoms with Crippen molar-refractivity contribution in [2.75, 3.05) is 33.0 Å². The van der Waals surface area contributed by atoms with Crippen molar-refractivity contribution in [3.63, 3.8) is 0 Å².